The quantitative estimate of drug-likeness (QED) is 0.446. The minimum atomic E-state index is -1.13. The van der Waals surface area contributed by atoms with Gasteiger partial charge in [0.15, 0.2) is 11.6 Å². The summed E-state index contributed by atoms with van der Waals surface area (Å²) in [5, 5.41) is 3.13. The monoisotopic (exact) mass is 510 g/mol. The number of fused-ring (bicyclic) bond motifs is 3. The number of amides is 2. The van der Waals surface area contributed by atoms with Crippen molar-refractivity contribution in [3.8, 4) is 11.1 Å². The number of urea groups is 1. The summed E-state index contributed by atoms with van der Waals surface area (Å²) >= 11 is 0. The molecule has 9 nitrogen and oxygen atoms in total. The van der Waals surface area contributed by atoms with E-state index in [1.54, 1.807) is 48.0 Å². The average Bonchev–Trinajstić information content (AvgIpc) is 3.15. The molecule has 5 rings (SSSR count). The number of benzene rings is 2. The number of halogens is 2. The number of carbonyl (C=O) groups is 1. The van der Waals surface area contributed by atoms with E-state index in [4.69, 9.17) is 4.74 Å². The van der Waals surface area contributed by atoms with Crippen LogP contribution in [0.2, 0.25) is 0 Å². The SMILES string of the molecule is COCCn1c(=O)n(C)c2cnc3ccc(-c4ccc(NC(=O)N5CCN(C)CC5)c(F)c4F)cc3c21. The number of aromatic nitrogens is 3. The van der Waals surface area contributed by atoms with Crippen molar-refractivity contribution < 1.29 is 18.3 Å². The number of likely N-dealkylation sites (N-methyl/N-ethyl adjacent to an activating group) is 1. The molecule has 0 radical (unpaired) electrons. The number of rotatable bonds is 5. The van der Waals surface area contributed by atoms with Crippen LogP contribution in [0.15, 0.2) is 41.3 Å². The molecule has 0 atom stereocenters. The Morgan fingerprint density at radius 1 is 1.08 bits per heavy atom. The molecular formula is C26H28F2N6O3. The van der Waals surface area contributed by atoms with Crippen molar-refractivity contribution in [1.82, 2.24) is 23.9 Å². The molecule has 1 aliphatic rings. The number of ether oxygens (including phenoxy) is 1. The summed E-state index contributed by atoms with van der Waals surface area (Å²) in [6.07, 6.45) is 1.63. The molecule has 1 saturated heterocycles. The number of imidazole rings is 1. The highest BCUT2D eigenvalue weighted by Crippen LogP contribution is 2.32. The van der Waals surface area contributed by atoms with Crippen molar-refractivity contribution in [2.24, 2.45) is 7.05 Å². The molecule has 2 aromatic carbocycles. The second-order valence-corrected chi connectivity index (χ2v) is 9.22. The molecule has 0 bridgehead atoms. The average molecular weight is 511 g/mol. The van der Waals surface area contributed by atoms with Crippen LogP contribution in [0.1, 0.15) is 0 Å². The molecule has 37 heavy (non-hydrogen) atoms. The number of hydrogen-bond acceptors (Lipinski definition) is 5. The topological polar surface area (TPSA) is 84.6 Å². The molecule has 194 valence electrons. The summed E-state index contributed by atoms with van der Waals surface area (Å²) in [6.45, 7) is 3.13. The number of methoxy groups -OCH3 is 1. The van der Waals surface area contributed by atoms with Crippen LogP contribution in [-0.2, 0) is 18.3 Å². The molecule has 1 aliphatic heterocycles. The van der Waals surface area contributed by atoms with Crippen LogP contribution in [0.4, 0.5) is 19.3 Å². The van der Waals surface area contributed by atoms with Crippen LogP contribution in [0, 0.1) is 11.6 Å². The van der Waals surface area contributed by atoms with Gasteiger partial charge in [-0.1, -0.05) is 6.07 Å². The van der Waals surface area contributed by atoms with Gasteiger partial charge in [0.1, 0.15) is 0 Å². The second kappa shape index (κ2) is 9.91. The minimum Gasteiger partial charge on any atom is -0.383 e. The third-order valence-corrected chi connectivity index (χ3v) is 6.91. The summed E-state index contributed by atoms with van der Waals surface area (Å²) in [4.78, 5) is 33.5. The van der Waals surface area contributed by atoms with Crippen molar-refractivity contribution >= 4 is 33.7 Å². The van der Waals surface area contributed by atoms with Crippen LogP contribution in [0.3, 0.4) is 0 Å². The molecule has 0 aliphatic carbocycles. The third kappa shape index (κ3) is 4.44. The third-order valence-electron chi connectivity index (χ3n) is 6.91. The minimum absolute atomic E-state index is 0.0377. The predicted molar refractivity (Wildman–Crippen MR) is 138 cm³/mol. The van der Waals surface area contributed by atoms with E-state index in [0.717, 1.165) is 0 Å². The van der Waals surface area contributed by atoms with E-state index in [0.29, 0.717) is 66.8 Å². The molecule has 0 saturated carbocycles. The fraction of sp³-hybridized carbons (Fsp3) is 0.346. The van der Waals surface area contributed by atoms with Crippen molar-refractivity contribution in [3.63, 3.8) is 0 Å². The van der Waals surface area contributed by atoms with Gasteiger partial charge < -0.3 is 19.9 Å². The lowest BCUT2D eigenvalue weighted by Gasteiger charge is -2.32. The number of nitrogens with zero attached hydrogens (tertiary/aromatic N) is 5. The first-order chi connectivity index (χ1) is 17.8. The van der Waals surface area contributed by atoms with Gasteiger partial charge >= 0.3 is 11.7 Å². The Labute approximate surface area is 211 Å². The lowest BCUT2D eigenvalue weighted by Crippen LogP contribution is -2.48. The van der Waals surface area contributed by atoms with Gasteiger partial charge in [-0.15, -0.1) is 0 Å². The molecule has 1 fully saturated rings. The van der Waals surface area contributed by atoms with E-state index in [9.17, 15) is 9.59 Å². The van der Waals surface area contributed by atoms with Gasteiger partial charge in [-0.05, 0) is 36.9 Å². The number of anilines is 1. The number of carbonyl (C=O) groups excluding carboxylic acids is 1. The van der Waals surface area contributed by atoms with Gasteiger partial charge in [-0.2, -0.15) is 0 Å². The number of pyridine rings is 1. The first kappa shape index (κ1) is 24.8. The van der Waals surface area contributed by atoms with E-state index in [-0.39, 0.29) is 16.9 Å². The molecule has 2 aromatic heterocycles. The Morgan fingerprint density at radius 2 is 1.84 bits per heavy atom. The van der Waals surface area contributed by atoms with E-state index >= 15 is 8.78 Å². The molecule has 1 N–H and O–H groups in total. The largest absolute Gasteiger partial charge is 0.383 e. The van der Waals surface area contributed by atoms with Crippen molar-refractivity contribution in [2.75, 3.05) is 52.3 Å². The van der Waals surface area contributed by atoms with Crippen LogP contribution >= 0.6 is 0 Å². The fourth-order valence-corrected chi connectivity index (χ4v) is 4.71. The van der Waals surface area contributed by atoms with E-state index in [1.165, 1.54) is 16.7 Å². The van der Waals surface area contributed by atoms with Gasteiger partial charge in [0.05, 0.1) is 41.6 Å². The Hall–Kier alpha value is -3.83. The summed E-state index contributed by atoms with van der Waals surface area (Å²) < 4.78 is 38.6. The highest BCUT2D eigenvalue weighted by Gasteiger charge is 2.22. The van der Waals surface area contributed by atoms with Crippen LogP contribution in [0.25, 0.3) is 33.1 Å². The molecule has 11 heteroatoms. The molecule has 0 spiro atoms. The molecule has 3 heterocycles. The Morgan fingerprint density at radius 3 is 2.57 bits per heavy atom. The lowest BCUT2D eigenvalue weighted by atomic mass is 10.0. The zero-order chi connectivity index (χ0) is 26.3. The molecule has 4 aromatic rings. The normalized spacial score (nSPS) is 14.6. The Balaban J connectivity index is 1.52. The molecular weight excluding hydrogens is 482 g/mol. The summed E-state index contributed by atoms with van der Waals surface area (Å²) in [5.74, 6) is -2.20. The second-order valence-electron chi connectivity index (χ2n) is 9.22. The van der Waals surface area contributed by atoms with Crippen molar-refractivity contribution in [2.45, 2.75) is 6.54 Å². The van der Waals surface area contributed by atoms with E-state index in [2.05, 4.69) is 15.2 Å². The van der Waals surface area contributed by atoms with E-state index in [1.807, 2.05) is 7.05 Å². The highest BCUT2D eigenvalue weighted by atomic mass is 19.2. The van der Waals surface area contributed by atoms with Crippen molar-refractivity contribution in [1.29, 1.82) is 0 Å². The van der Waals surface area contributed by atoms with Gasteiger partial charge in [-0.3, -0.25) is 14.1 Å². The van der Waals surface area contributed by atoms with Crippen LogP contribution < -0.4 is 11.0 Å². The van der Waals surface area contributed by atoms with Crippen molar-refractivity contribution in [3.05, 3.63) is 58.6 Å². The highest BCUT2D eigenvalue weighted by molar-refractivity contribution is 6.04. The molecule has 0 unspecified atom stereocenters. The maximum Gasteiger partial charge on any atom is 0.328 e. The number of aryl methyl sites for hydroxylation is 1. The zero-order valence-corrected chi connectivity index (χ0v) is 20.9. The zero-order valence-electron chi connectivity index (χ0n) is 20.9. The van der Waals surface area contributed by atoms with Crippen LogP contribution in [0.5, 0.6) is 0 Å². The maximum atomic E-state index is 15.3. The Bertz CT molecular complexity index is 1560. The van der Waals surface area contributed by atoms with Gasteiger partial charge in [0.25, 0.3) is 0 Å². The summed E-state index contributed by atoms with van der Waals surface area (Å²) in [7, 11) is 5.19. The Kier molecular flexibility index (Phi) is 6.65. The number of nitrogens with one attached hydrogen (secondary N) is 1. The predicted octanol–water partition coefficient (Wildman–Crippen LogP) is 3.26. The van der Waals surface area contributed by atoms with Gasteiger partial charge in [0.2, 0.25) is 0 Å². The van der Waals surface area contributed by atoms with E-state index < -0.39 is 17.7 Å². The summed E-state index contributed by atoms with van der Waals surface area (Å²) in [5.41, 5.74) is 1.91. The lowest BCUT2D eigenvalue weighted by molar-refractivity contribution is 0.164. The smallest absolute Gasteiger partial charge is 0.328 e. The fourth-order valence-electron chi connectivity index (χ4n) is 4.71. The summed E-state index contributed by atoms with van der Waals surface area (Å²) in [6, 6.07) is 7.41. The first-order valence-corrected chi connectivity index (χ1v) is 12.0. The number of hydrogen-bond donors (Lipinski definition) is 1. The molecule has 2 amide bonds. The first-order valence-electron chi connectivity index (χ1n) is 12.0. The standard InChI is InChI=1S/C26H28F2N6O3/c1-31-8-10-33(11-9-31)25(35)30-20-7-5-17(22(27)23(20)28)16-4-6-19-18(14-16)24-21(15-29-19)32(2)26(36)34(24)12-13-37-3/h4-7,14-15H,8-13H2,1-3H3,(H,30,35). The van der Waals surface area contributed by atoms with Gasteiger partial charge in [-0.25, -0.2) is 18.4 Å². The van der Waals surface area contributed by atoms with Gasteiger partial charge in [0, 0.05) is 51.3 Å². The number of piperazine rings is 1. The maximum absolute atomic E-state index is 15.3. The van der Waals surface area contributed by atoms with Crippen LogP contribution in [-0.4, -0.2) is 76.9 Å².